The summed E-state index contributed by atoms with van der Waals surface area (Å²) in [6.07, 6.45) is 8.19. The summed E-state index contributed by atoms with van der Waals surface area (Å²) in [5.41, 5.74) is 1.64. The lowest BCUT2D eigenvalue weighted by atomic mass is 9.62. The molecule has 0 spiro atoms. The van der Waals surface area contributed by atoms with Crippen LogP contribution in [0.2, 0.25) is 0 Å². The molecule has 2 rings (SSSR count). The molecule has 2 atom stereocenters. The van der Waals surface area contributed by atoms with E-state index in [2.05, 4.69) is 28.9 Å². The lowest BCUT2D eigenvalue weighted by Gasteiger charge is -2.42. The van der Waals surface area contributed by atoms with Crippen LogP contribution in [-0.4, -0.2) is 5.78 Å². The van der Waals surface area contributed by atoms with Crippen LogP contribution in [0.3, 0.4) is 0 Å². The monoisotopic (exact) mass is 254 g/mol. The molecule has 0 radical (unpaired) electrons. The third kappa shape index (κ3) is 1.60. The van der Waals surface area contributed by atoms with Gasteiger partial charge in [-0.3, -0.25) is 4.79 Å². The van der Waals surface area contributed by atoms with Gasteiger partial charge in [0.2, 0.25) is 0 Å². The van der Waals surface area contributed by atoms with Gasteiger partial charge in [-0.05, 0) is 41.7 Å². The molecule has 0 amide bonds. The maximum absolute atomic E-state index is 11.4. The Labute approximate surface area is 93.4 Å². The van der Waals surface area contributed by atoms with Crippen LogP contribution in [0, 0.1) is 11.3 Å². The van der Waals surface area contributed by atoms with Crippen LogP contribution >= 0.6 is 15.9 Å². The molecule has 1 fully saturated rings. The van der Waals surface area contributed by atoms with Gasteiger partial charge in [-0.25, -0.2) is 0 Å². The number of carbonyl (C=O) groups excluding carboxylic acids is 1. The average Bonchev–Trinajstić information content (AvgIpc) is 2.18. The maximum atomic E-state index is 11.4. The molecule has 2 aliphatic rings. The molecule has 1 nitrogen and oxygen atoms in total. The first-order chi connectivity index (χ1) is 6.65. The lowest BCUT2D eigenvalue weighted by molar-refractivity contribution is -0.116. The van der Waals surface area contributed by atoms with Crippen molar-refractivity contribution in [2.24, 2.45) is 11.3 Å². The second kappa shape index (κ2) is 3.65. The zero-order chi connectivity index (χ0) is 10.2. The van der Waals surface area contributed by atoms with Crippen LogP contribution in [0.15, 0.2) is 22.7 Å². The average molecular weight is 255 g/mol. The Morgan fingerprint density at radius 2 is 2.43 bits per heavy atom. The van der Waals surface area contributed by atoms with Gasteiger partial charge in [-0.15, -0.1) is 0 Å². The van der Waals surface area contributed by atoms with Crippen molar-refractivity contribution in [3.63, 3.8) is 0 Å². The molecular weight excluding hydrogens is 240 g/mol. The SMILES string of the molecule is C[C@@]12C=CC(=O)C[C@H]1C(=CBr)CCC2. The summed E-state index contributed by atoms with van der Waals surface area (Å²) < 4.78 is 0. The summed E-state index contributed by atoms with van der Waals surface area (Å²) in [5.74, 6) is 0.717. The van der Waals surface area contributed by atoms with Gasteiger partial charge in [0, 0.05) is 6.42 Å². The smallest absolute Gasteiger partial charge is 0.156 e. The fourth-order valence-corrected chi connectivity index (χ4v) is 3.24. The fourth-order valence-electron chi connectivity index (χ4n) is 2.69. The minimum absolute atomic E-state index is 0.228. The van der Waals surface area contributed by atoms with E-state index in [1.54, 1.807) is 6.08 Å². The lowest BCUT2D eigenvalue weighted by Crippen LogP contribution is -2.35. The van der Waals surface area contributed by atoms with Gasteiger partial charge < -0.3 is 0 Å². The number of fused-ring (bicyclic) bond motifs is 1. The molecule has 2 heteroatoms. The molecule has 0 heterocycles. The highest BCUT2D eigenvalue weighted by molar-refractivity contribution is 9.11. The van der Waals surface area contributed by atoms with Crippen molar-refractivity contribution in [3.8, 4) is 0 Å². The van der Waals surface area contributed by atoms with E-state index in [0.717, 1.165) is 6.42 Å². The van der Waals surface area contributed by atoms with Gasteiger partial charge in [0.1, 0.15) is 0 Å². The number of ketones is 1. The van der Waals surface area contributed by atoms with E-state index >= 15 is 0 Å². The summed E-state index contributed by atoms with van der Waals surface area (Å²) >= 11 is 3.42. The van der Waals surface area contributed by atoms with Gasteiger partial charge in [0.25, 0.3) is 0 Å². The Balaban J connectivity index is 2.35. The highest BCUT2D eigenvalue weighted by Gasteiger charge is 2.40. The van der Waals surface area contributed by atoms with Crippen molar-refractivity contribution < 1.29 is 4.79 Å². The Morgan fingerprint density at radius 1 is 1.64 bits per heavy atom. The molecule has 0 bridgehead atoms. The number of rotatable bonds is 0. The molecule has 0 aromatic carbocycles. The summed E-state index contributed by atoms with van der Waals surface area (Å²) in [4.78, 5) is 13.4. The summed E-state index contributed by atoms with van der Waals surface area (Å²) in [6.45, 7) is 2.27. The summed E-state index contributed by atoms with van der Waals surface area (Å²) in [7, 11) is 0. The van der Waals surface area contributed by atoms with Crippen molar-refractivity contribution in [1.29, 1.82) is 0 Å². The molecule has 1 saturated carbocycles. The van der Waals surface area contributed by atoms with Crippen LogP contribution < -0.4 is 0 Å². The predicted octanol–water partition coefficient (Wildman–Crippen LogP) is 3.60. The largest absolute Gasteiger partial charge is 0.295 e. The Morgan fingerprint density at radius 3 is 3.14 bits per heavy atom. The fraction of sp³-hybridized carbons (Fsp3) is 0.583. The minimum Gasteiger partial charge on any atom is -0.295 e. The van der Waals surface area contributed by atoms with E-state index in [1.807, 2.05) is 4.99 Å². The van der Waals surface area contributed by atoms with E-state index in [9.17, 15) is 4.79 Å². The Kier molecular flexibility index (Phi) is 2.65. The second-order valence-electron chi connectivity index (χ2n) is 4.60. The molecule has 0 N–H and O–H groups in total. The van der Waals surface area contributed by atoms with Gasteiger partial charge in [-0.2, -0.15) is 0 Å². The minimum atomic E-state index is 0.228. The molecule has 0 aliphatic heterocycles. The molecule has 2 aliphatic carbocycles. The predicted molar refractivity (Wildman–Crippen MR) is 61.2 cm³/mol. The van der Waals surface area contributed by atoms with Crippen molar-refractivity contribution in [2.75, 3.05) is 0 Å². The summed E-state index contributed by atoms with van der Waals surface area (Å²) in [5, 5.41) is 0. The van der Waals surface area contributed by atoms with Gasteiger partial charge in [0.05, 0.1) is 0 Å². The molecule has 0 saturated heterocycles. The third-order valence-electron chi connectivity index (χ3n) is 3.62. The molecule has 14 heavy (non-hydrogen) atoms. The first-order valence-corrected chi connectivity index (χ1v) is 6.08. The van der Waals surface area contributed by atoms with Crippen LogP contribution in [0.25, 0.3) is 0 Å². The Bertz CT molecular complexity index is 316. The number of halogens is 1. The molecule has 0 aromatic rings. The number of hydrogen-bond donors (Lipinski definition) is 0. The maximum Gasteiger partial charge on any atom is 0.156 e. The molecular formula is C12H15BrO. The van der Waals surface area contributed by atoms with Crippen LogP contribution in [0.5, 0.6) is 0 Å². The van der Waals surface area contributed by atoms with E-state index in [-0.39, 0.29) is 11.2 Å². The number of allylic oxidation sites excluding steroid dienone is 3. The summed E-state index contributed by atoms with van der Waals surface area (Å²) in [6, 6.07) is 0. The number of hydrogen-bond acceptors (Lipinski definition) is 1. The normalized spacial score (nSPS) is 40.0. The van der Waals surface area contributed by atoms with E-state index in [1.165, 1.54) is 18.4 Å². The van der Waals surface area contributed by atoms with Gasteiger partial charge in [-0.1, -0.05) is 34.5 Å². The van der Waals surface area contributed by atoms with Crippen molar-refractivity contribution in [3.05, 3.63) is 22.7 Å². The Hall–Kier alpha value is -0.370. The van der Waals surface area contributed by atoms with E-state index in [4.69, 9.17) is 0 Å². The zero-order valence-electron chi connectivity index (χ0n) is 8.42. The van der Waals surface area contributed by atoms with E-state index < -0.39 is 0 Å². The highest BCUT2D eigenvalue weighted by atomic mass is 79.9. The molecule has 76 valence electrons. The third-order valence-corrected chi connectivity index (χ3v) is 4.21. The second-order valence-corrected chi connectivity index (χ2v) is 5.06. The topological polar surface area (TPSA) is 17.1 Å². The van der Waals surface area contributed by atoms with Gasteiger partial charge in [0.15, 0.2) is 5.78 Å². The number of carbonyl (C=O) groups is 1. The first-order valence-electron chi connectivity index (χ1n) is 5.17. The van der Waals surface area contributed by atoms with Crippen molar-refractivity contribution in [1.82, 2.24) is 0 Å². The zero-order valence-corrected chi connectivity index (χ0v) is 10.0. The van der Waals surface area contributed by atoms with Crippen LogP contribution in [-0.2, 0) is 4.79 Å². The first kappa shape index (κ1) is 10.2. The van der Waals surface area contributed by atoms with Gasteiger partial charge >= 0.3 is 0 Å². The van der Waals surface area contributed by atoms with Crippen molar-refractivity contribution in [2.45, 2.75) is 32.6 Å². The van der Waals surface area contributed by atoms with Crippen LogP contribution in [0.4, 0.5) is 0 Å². The standard InChI is InChI=1S/C12H15BrO/c1-12-5-2-3-9(8-13)11(12)7-10(14)4-6-12/h4,6,8,11H,2-3,5,7H2,1H3/t11-,12+/m0/s1. The van der Waals surface area contributed by atoms with E-state index in [0.29, 0.717) is 12.3 Å². The van der Waals surface area contributed by atoms with Crippen LogP contribution in [0.1, 0.15) is 32.6 Å². The quantitative estimate of drug-likeness (QED) is 0.646. The highest BCUT2D eigenvalue weighted by Crippen LogP contribution is 2.48. The molecule has 0 unspecified atom stereocenters. The molecule has 0 aromatic heterocycles. The van der Waals surface area contributed by atoms with Crippen molar-refractivity contribution >= 4 is 21.7 Å².